The van der Waals surface area contributed by atoms with Crippen molar-refractivity contribution < 1.29 is 52.9 Å². The summed E-state index contributed by atoms with van der Waals surface area (Å²) in [5, 5.41) is 28.1. The molecule has 23 nitrogen and oxygen atoms in total. The van der Waals surface area contributed by atoms with Gasteiger partial charge >= 0.3 is 11.9 Å². The number of nitrogens with one attached hydrogen (secondary N) is 2. The fourth-order valence-corrected chi connectivity index (χ4v) is 15.5. The van der Waals surface area contributed by atoms with Crippen molar-refractivity contribution in [2.45, 2.75) is 83.2 Å². The summed E-state index contributed by atoms with van der Waals surface area (Å²) in [6.07, 6.45) is -2.93. The number of hydrogen-bond donors (Lipinski definition) is 5. The molecule has 0 spiro atoms. The van der Waals surface area contributed by atoms with E-state index in [1.807, 2.05) is 6.92 Å². The van der Waals surface area contributed by atoms with E-state index in [1.54, 1.807) is 89.3 Å². The first-order chi connectivity index (χ1) is 41.7. The van der Waals surface area contributed by atoms with E-state index in [1.165, 1.54) is 52.7 Å². The van der Waals surface area contributed by atoms with Crippen LogP contribution in [0, 0.1) is 12.8 Å². The molecular weight excluding hydrogens is 1230 g/mol. The van der Waals surface area contributed by atoms with Crippen LogP contribution in [-0.2, 0) is 30.3 Å². The van der Waals surface area contributed by atoms with E-state index in [4.69, 9.17) is 45.9 Å². The molecule has 10 bridgehead atoms. The molecular formula is C58H50N12O11S6. The molecule has 7 N–H and O–H groups in total. The van der Waals surface area contributed by atoms with Gasteiger partial charge in [-0.15, -0.1) is 68.0 Å². The van der Waals surface area contributed by atoms with E-state index >= 15 is 4.79 Å². The van der Waals surface area contributed by atoms with Crippen LogP contribution in [0.5, 0.6) is 5.75 Å². The molecule has 2 aromatic carbocycles. The third kappa shape index (κ3) is 13.0. The molecule has 2 aliphatic heterocycles. The minimum atomic E-state index is -1.32. The summed E-state index contributed by atoms with van der Waals surface area (Å²) in [5.41, 5.74) is 14.3. The van der Waals surface area contributed by atoms with Crippen molar-refractivity contribution in [1.82, 2.24) is 50.4 Å². The highest BCUT2D eigenvalue weighted by Gasteiger charge is 2.47. The van der Waals surface area contributed by atoms with Crippen LogP contribution in [0.3, 0.4) is 0 Å². The lowest BCUT2D eigenvalue weighted by Crippen LogP contribution is -2.50. The second-order valence-corrected chi connectivity index (χ2v) is 26.0. The zero-order valence-corrected chi connectivity index (χ0v) is 51.2. The maximum atomic E-state index is 15.5. The summed E-state index contributed by atoms with van der Waals surface area (Å²) < 4.78 is 11.1. The topological polar surface area (TPSA) is 345 Å². The Morgan fingerprint density at radius 2 is 1.32 bits per heavy atom. The zero-order valence-electron chi connectivity index (χ0n) is 46.3. The number of aliphatic hydroxyl groups is 1. The second-order valence-electron chi connectivity index (χ2n) is 20.4. The molecule has 1 saturated heterocycles. The number of fused-ring (bicyclic) bond motifs is 16. The maximum absolute atomic E-state index is 15.5. The number of carbonyl (C=O) groups excluding carboxylic acids is 8. The molecule has 7 atom stereocenters. The quantitative estimate of drug-likeness (QED) is 0.0638. The molecule has 29 heteroatoms. The number of aromatic nitrogens is 7. The molecule has 1 fully saturated rings. The predicted molar refractivity (Wildman–Crippen MR) is 325 cm³/mol. The maximum Gasteiger partial charge on any atom is 0.308 e. The van der Waals surface area contributed by atoms with Gasteiger partial charge in [-0.25, -0.2) is 34.9 Å². The molecule has 11 rings (SSSR count). The number of nitrogens with zero attached hydrogens (tertiary/aromatic N) is 8. The minimum absolute atomic E-state index is 0.0114. The lowest BCUT2D eigenvalue weighted by molar-refractivity contribution is -0.148. The first-order valence-corrected chi connectivity index (χ1v) is 31.9. The van der Waals surface area contributed by atoms with E-state index in [0.29, 0.717) is 64.4 Å². The fraction of sp³-hybridized carbons (Fsp3) is 0.259. The van der Waals surface area contributed by atoms with Crippen LogP contribution in [0.1, 0.15) is 131 Å². The number of ether oxygens (including phenoxy) is 2. The average molecular weight is 1280 g/mol. The van der Waals surface area contributed by atoms with Gasteiger partial charge in [0.2, 0.25) is 11.8 Å². The van der Waals surface area contributed by atoms with Crippen LogP contribution in [0.4, 0.5) is 0 Å². The summed E-state index contributed by atoms with van der Waals surface area (Å²) in [4.78, 5) is 144. The van der Waals surface area contributed by atoms with Crippen molar-refractivity contribution in [2.75, 3.05) is 6.54 Å². The molecule has 0 aliphatic carbocycles. The Morgan fingerprint density at radius 3 is 2.03 bits per heavy atom. The highest BCUT2D eigenvalue weighted by Crippen LogP contribution is 2.44. The number of ketones is 1. The van der Waals surface area contributed by atoms with Crippen LogP contribution in [0.2, 0.25) is 0 Å². The number of amides is 5. The van der Waals surface area contributed by atoms with Crippen LogP contribution in [0.25, 0.3) is 43.4 Å². The smallest absolute Gasteiger partial charge is 0.308 e. The molecule has 5 amide bonds. The highest BCUT2D eigenvalue weighted by molar-refractivity contribution is 7.15. The molecule has 9 heterocycles. The van der Waals surface area contributed by atoms with Gasteiger partial charge in [0.25, 0.3) is 17.7 Å². The first-order valence-electron chi connectivity index (χ1n) is 26.7. The number of thiazole rings is 6. The van der Waals surface area contributed by atoms with Crippen LogP contribution >= 0.6 is 68.0 Å². The Hall–Kier alpha value is -8.71. The van der Waals surface area contributed by atoms with Gasteiger partial charge in [0.1, 0.15) is 82.8 Å². The van der Waals surface area contributed by atoms with Crippen LogP contribution in [0.15, 0.2) is 93.6 Å². The summed E-state index contributed by atoms with van der Waals surface area (Å²) in [6.45, 7) is 5.99. The van der Waals surface area contributed by atoms with Crippen molar-refractivity contribution in [3.05, 3.63) is 147 Å². The van der Waals surface area contributed by atoms with E-state index < -0.39 is 89.4 Å². The molecule has 7 aromatic heterocycles. The number of pyridine rings is 1. The number of esters is 2. The normalized spacial score (nSPS) is 19.3. The van der Waals surface area contributed by atoms with Crippen molar-refractivity contribution in [3.8, 4) is 49.1 Å². The van der Waals surface area contributed by atoms with Gasteiger partial charge in [0.05, 0.1) is 41.9 Å². The number of rotatable bonds is 10. The SMILES string of the molecule is CC(=O)Oc1ccc(C[C@@H]2NC(=O)c3csc(n3)[C@H]([C@H](O)c3ccccc3)CC(=O)c3nc(sc3C)[C@H](CC(N)=O)NC(=O)c3csc(n3)-c3ccc(-c4nc(C(N)=O)cs4)nc3-c3csc(n3)-c3csc(n3)[C@@H]3[C@@H](C)[C@@H](OC(C)=O)CN3C2=O)cc1. The van der Waals surface area contributed by atoms with Gasteiger partial charge in [-0.05, 0) is 42.3 Å². The minimum Gasteiger partial charge on any atom is -0.460 e. The summed E-state index contributed by atoms with van der Waals surface area (Å²) in [7, 11) is 0. The molecule has 2 aliphatic rings. The Morgan fingerprint density at radius 1 is 0.678 bits per heavy atom. The third-order valence-corrected chi connectivity index (χ3v) is 19.9. The van der Waals surface area contributed by atoms with Crippen molar-refractivity contribution in [3.63, 3.8) is 0 Å². The number of primary amides is 2. The molecule has 0 saturated carbocycles. The number of Topliss-reactive ketones (excluding diaryl/α,β-unsaturated/α-hetero) is 1. The first kappa shape index (κ1) is 60.0. The van der Waals surface area contributed by atoms with E-state index in [9.17, 15) is 38.7 Å². The number of benzene rings is 2. The number of carbonyl (C=O) groups is 8. The Kier molecular flexibility index (Phi) is 17.5. The highest BCUT2D eigenvalue weighted by atomic mass is 32.1. The van der Waals surface area contributed by atoms with Gasteiger partial charge in [0.15, 0.2) is 5.78 Å². The largest absolute Gasteiger partial charge is 0.460 e. The number of hydrogen-bond acceptors (Lipinski definition) is 24. The summed E-state index contributed by atoms with van der Waals surface area (Å²) in [5.74, 6) is -6.37. The Labute approximate surface area is 519 Å². The molecule has 0 radical (unpaired) electrons. The lowest BCUT2D eigenvalue weighted by Gasteiger charge is -2.29. The van der Waals surface area contributed by atoms with Gasteiger partial charge in [-0.2, -0.15) is 0 Å². The molecule has 444 valence electrons. The molecule has 9 aromatic rings. The van der Waals surface area contributed by atoms with Gasteiger partial charge in [-0.3, -0.25) is 38.4 Å². The monoisotopic (exact) mass is 1280 g/mol. The predicted octanol–water partition coefficient (Wildman–Crippen LogP) is 8.06. The zero-order chi connectivity index (χ0) is 61.4. The lowest BCUT2D eigenvalue weighted by atomic mass is 9.90. The van der Waals surface area contributed by atoms with Crippen molar-refractivity contribution in [2.24, 2.45) is 17.4 Å². The van der Waals surface area contributed by atoms with E-state index in [-0.39, 0.29) is 64.3 Å². The Bertz CT molecular complexity index is 4150. The number of nitrogens with two attached hydrogens (primary N) is 2. The molecule has 0 unspecified atom stereocenters. The third-order valence-electron chi connectivity index (χ3n) is 14.3. The van der Waals surface area contributed by atoms with Crippen LogP contribution in [-0.4, -0.2) is 111 Å². The summed E-state index contributed by atoms with van der Waals surface area (Å²) in [6, 6.07) is 15.3. The van der Waals surface area contributed by atoms with E-state index in [2.05, 4.69) is 20.6 Å². The fourth-order valence-electron chi connectivity index (χ4n) is 10.1. The average Bonchev–Trinajstić information content (AvgIpc) is 2.44. The number of aryl methyl sites for hydroxylation is 1. The standard InChI is InChI=1S/C58H50N12O11S6/c1-25-43(81-28(4)72)19-70-47(25)57-68-41(24-86-57)55-64-37(20-84-55)46-32(14-15-34(61-46)54-65-38(21-85-54)49(60)76)52-66-39(22-82-52)50(77)62-35(18-44(59)74)56-69-45(26(2)87-56)42(73)17-33(48(75)30-8-6-5-7-9-30)53-67-40(23-83-53)51(78)63-36(58(70)79)16-29-10-12-31(13-11-29)80-27(3)71/h5-15,20-25,33,35-36,43,47-48,75H,16-19H2,1-4H3,(H2,59,74)(H2,60,76)(H,62,77)(H,63,78)/t25-,33-,35-,36-,43-,47-,48+/m0/s1. The molecule has 87 heavy (non-hydrogen) atoms. The van der Waals surface area contributed by atoms with Crippen molar-refractivity contribution in [1.29, 1.82) is 0 Å². The van der Waals surface area contributed by atoms with Gasteiger partial charge in [-0.1, -0.05) is 49.4 Å². The van der Waals surface area contributed by atoms with Gasteiger partial charge < -0.3 is 41.6 Å². The van der Waals surface area contributed by atoms with Gasteiger partial charge in [0, 0.05) is 75.9 Å². The van der Waals surface area contributed by atoms with Crippen molar-refractivity contribution >= 4 is 115 Å². The van der Waals surface area contributed by atoms with Crippen LogP contribution < -0.4 is 26.8 Å². The second kappa shape index (κ2) is 25.3. The Balaban J connectivity index is 1.03. The van der Waals surface area contributed by atoms with E-state index in [0.717, 1.165) is 45.3 Å². The summed E-state index contributed by atoms with van der Waals surface area (Å²) >= 11 is 6.93. The number of aliphatic hydroxyl groups excluding tert-OH is 1.